The number of thiophene rings is 1. The van der Waals surface area contributed by atoms with Gasteiger partial charge in [0.1, 0.15) is 13.2 Å². The van der Waals surface area contributed by atoms with Crippen LogP contribution in [-0.2, 0) is 0 Å². The molecule has 0 unspecified atom stereocenters. The van der Waals surface area contributed by atoms with Crippen LogP contribution in [0.4, 0.5) is 0 Å². The molecular weight excluding hydrogens is 244 g/mol. The maximum absolute atomic E-state index is 5.62. The Kier molecular flexibility index (Phi) is 3.00. The van der Waals surface area contributed by atoms with Gasteiger partial charge in [-0.15, -0.1) is 11.3 Å². The van der Waals surface area contributed by atoms with E-state index in [0.717, 1.165) is 11.5 Å². The van der Waals surface area contributed by atoms with Gasteiger partial charge in [0.05, 0.1) is 0 Å². The van der Waals surface area contributed by atoms with Crippen molar-refractivity contribution in [3.05, 3.63) is 35.2 Å². The van der Waals surface area contributed by atoms with Crippen molar-refractivity contribution in [1.29, 1.82) is 0 Å². The van der Waals surface area contributed by atoms with Crippen LogP contribution in [0.5, 0.6) is 11.5 Å². The highest BCUT2D eigenvalue weighted by Gasteiger charge is 2.13. The standard InChI is InChI=1S/C15H16O2S/c1-10(2)14-5-6-15(18-14)11-3-4-12-13(9-11)17-8-7-16-12/h3-6,9-10H,7-8H2,1-2H3. The first-order chi connectivity index (χ1) is 8.74. The molecule has 3 heteroatoms. The Morgan fingerprint density at radius 3 is 2.50 bits per heavy atom. The molecule has 0 spiro atoms. The highest BCUT2D eigenvalue weighted by atomic mass is 32.1. The minimum absolute atomic E-state index is 0.584. The van der Waals surface area contributed by atoms with Gasteiger partial charge >= 0.3 is 0 Å². The Labute approximate surface area is 111 Å². The summed E-state index contributed by atoms with van der Waals surface area (Å²) in [5.74, 6) is 2.30. The van der Waals surface area contributed by atoms with Crippen molar-refractivity contribution < 1.29 is 9.47 Å². The lowest BCUT2D eigenvalue weighted by molar-refractivity contribution is 0.171. The van der Waals surface area contributed by atoms with E-state index < -0.39 is 0 Å². The Bertz CT molecular complexity index is 557. The second kappa shape index (κ2) is 4.65. The molecule has 1 aliphatic rings. The van der Waals surface area contributed by atoms with Crippen molar-refractivity contribution >= 4 is 11.3 Å². The van der Waals surface area contributed by atoms with Gasteiger partial charge in [-0.1, -0.05) is 13.8 Å². The number of hydrogen-bond donors (Lipinski definition) is 0. The summed E-state index contributed by atoms with van der Waals surface area (Å²) in [7, 11) is 0. The fraction of sp³-hybridized carbons (Fsp3) is 0.333. The predicted octanol–water partition coefficient (Wildman–Crippen LogP) is 4.31. The van der Waals surface area contributed by atoms with Gasteiger partial charge in [-0.2, -0.15) is 0 Å². The highest BCUT2D eigenvalue weighted by Crippen LogP contribution is 2.38. The van der Waals surface area contributed by atoms with E-state index in [2.05, 4.69) is 38.1 Å². The third kappa shape index (κ3) is 2.10. The minimum Gasteiger partial charge on any atom is -0.486 e. The van der Waals surface area contributed by atoms with Gasteiger partial charge < -0.3 is 9.47 Å². The smallest absolute Gasteiger partial charge is 0.162 e. The summed E-state index contributed by atoms with van der Waals surface area (Å²) in [5, 5.41) is 0. The zero-order valence-electron chi connectivity index (χ0n) is 10.6. The van der Waals surface area contributed by atoms with E-state index in [1.54, 1.807) is 0 Å². The van der Waals surface area contributed by atoms with Crippen LogP contribution >= 0.6 is 11.3 Å². The van der Waals surface area contributed by atoms with Gasteiger partial charge in [0.15, 0.2) is 11.5 Å². The molecule has 0 amide bonds. The third-order valence-corrected chi connectivity index (χ3v) is 4.46. The van der Waals surface area contributed by atoms with E-state index in [4.69, 9.17) is 9.47 Å². The number of rotatable bonds is 2. The van der Waals surface area contributed by atoms with Crippen molar-refractivity contribution in [2.75, 3.05) is 13.2 Å². The second-order valence-electron chi connectivity index (χ2n) is 4.72. The van der Waals surface area contributed by atoms with E-state index >= 15 is 0 Å². The minimum atomic E-state index is 0.584. The van der Waals surface area contributed by atoms with E-state index in [0.29, 0.717) is 19.1 Å². The lowest BCUT2D eigenvalue weighted by Crippen LogP contribution is -2.15. The van der Waals surface area contributed by atoms with Crippen molar-refractivity contribution in [3.8, 4) is 21.9 Å². The highest BCUT2D eigenvalue weighted by molar-refractivity contribution is 7.15. The van der Waals surface area contributed by atoms with Gasteiger partial charge in [0.2, 0.25) is 0 Å². The van der Waals surface area contributed by atoms with Crippen LogP contribution in [-0.4, -0.2) is 13.2 Å². The molecule has 2 heterocycles. The zero-order valence-corrected chi connectivity index (χ0v) is 11.4. The first-order valence-electron chi connectivity index (χ1n) is 6.24. The van der Waals surface area contributed by atoms with Crippen molar-refractivity contribution in [2.24, 2.45) is 0 Å². The topological polar surface area (TPSA) is 18.5 Å². The molecule has 1 aromatic carbocycles. The third-order valence-electron chi connectivity index (χ3n) is 3.02. The molecule has 18 heavy (non-hydrogen) atoms. The normalized spacial score (nSPS) is 13.9. The largest absolute Gasteiger partial charge is 0.486 e. The first kappa shape index (κ1) is 11.6. The van der Waals surface area contributed by atoms with Crippen LogP contribution in [0.1, 0.15) is 24.6 Å². The number of benzene rings is 1. The fourth-order valence-electron chi connectivity index (χ4n) is 2.01. The fourth-order valence-corrected chi connectivity index (χ4v) is 3.02. The summed E-state index contributed by atoms with van der Waals surface area (Å²) in [6.07, 6.45) is 0. The summed E-state index contributed by atoms with van der Waals surface area (Å²) in [4.78, 5) is 2.70. The summed E-state index contributed by atoms with van der Waals surface area (Å²) >= 11 is 1.85. The number of fused-ring (bicyclic) bond motifs is 1. The lowest BCUT2D eigenvalue weighted by atomic mass is 10.1. The predicted molar refractivity (Wildman–Crippen MR) is 74.8 cm³/mol. The van der Waals surface area contributed by atoms with Gasteiger partial charge in [-0.3, -0.25) is 0 Å². The van der Waals surface area contributed by atoms with Gasteiger partial charge in [-0.25, -0.2) is 0 Å². The zero-order chi connectivity index (χ0) is 12.5. The Morgan fingerprint density at radius 2 is 1.78 bits per heavy atom. The SMILES string of the molecule is CC(C)c1ccc(-c2ccc3c(c2)OCCO3)s1. The molecule has 1 aromatic heterocycles. The monoisotopic (exact) mass is 260 g/mol. The molecule has 0 fully saturated rings. The first-order valence-corrected chi connectivity index (χ1v) is 7.05. The van der Waals surface area contributed by atoms with E-state index in [-0.39, 0.29) is 0 Å². The van der Waals surface area contributed by atoms with Crippen molar-refractivity contribution in [3.63, 3.8) is 0 Å². The second-order valence-corrected chi connectivity index (χ2v) is 5.83. The Morgan fingerprint density at radius 1 is 1.00 bits per heavy atom. The average molecular weight is 260 g/mol. The van der Waals surface area contributed by atoms with Gasteiger partial charge in [-0.05, 0) is 41.8 Å². The van der Waals surface area contributed by atoms with E-state index in [1.807, 2.05) is 17.4 Å². The van der Waals surface area contributed by atoms with Gasteiger partial charge in [0.25, 0.3) is 0 Å². The molecule has 1 aliphatic heterocycles. The number of ether oxygens (including phenoxy) is 2. The van der Waals surface area contributed by atoms with Crippen LogP contribution in [0.25, 0.3) is 10.4 Å². The molecule has 0 saturated heterocycles. The van der Waals surface area contributed by atoms with Crippen molar-refractivity contribution in [2.45, 2.75) is 19.8 Å². The van der Waals surface area contributed by atoms with Crippen LogP contribution in [0.15, 0.2) is 30.3 Å². The van der Waals surface area contributed by atoms with Crippen LogP contribution in [0, 0.1) is 0 Å². The molecule has 2 aromatic rings. The maximum Gasteiger partial charge on any atom is 0.162 e. The Hall–Kier alpha value is -1.48. The molecular formula is C15H16O2S. The van der Waals surface area contributed by atoms with Gasteiger partial charge in [0, 0.05) is 9.75 Å². The molecule has 0 saturated carbocycles. The number of hydrogen-bond acceptors (Lipinski definition) is 3. The Balaban J connectivity index is 1.95. The van der Waals surface area contributed by atoms with E-state index in [9.17, 15) is 0 Å². The quantitative estimate of drug-likeness (QED) is 0.801. The average Bonchev–Trinajstić information content (AvgIpc) is 2.88. The summed E-state index contributed by atoms with van der Waals surface area (Å²) in [6, 6.07) is 10.6. The van der Waals surface area contributed by atoms with Crippen molar-refractivity contribution in [1.82, 2.24) is 0 Å². The maximum atomic E-state index is 5.62. The molecule has 3 rings (SSSR count). The molecule has 0 atom stereocenters. The molecule has 0 radical (unpaired) electrons. The van der Waals surface area contributed by atoms with E-state index in [1.165, 1.54) is 15.3 Å². The molecule has 0 bridgehead atoms. The molecule has 2 nitrogen and oxygen atoms in total. The lowest BCUT2D eigenvalue weighted by Gasteiger charge is -2.18. The van der Waals surface area contributed by atoms with Crippen LogP contribution < -0.4 is 9.47 Å². The van der Waals surface area contributed by atoms with Crippen LogP contribution in [0.3, 0.4) is 0 Å². The van der Waals surface area contributed by atoms with Crippen LogP contribution in [0.2, 0.25) is 0 Å². The summed E-state index contributed by atoms with van der Waals surface area (Å²) in [5.41, 5.74) is 1.20. The summed E-state index contributed by atoms with van der Waals surface area (Å²) in [6.45, 7) is 5.72. The molecule has 0 aliphatic carbocycles. The summed E-state index contributed by atoms with van der Waals surface area (Å²) < 4.78 is 11.2. The molecule has 94 valence electrons. The molecule has 0 N–H and O–H groups in total.